The molecule has 0 aliphatic rings. The standard InChI is InChI=1S/C10H26N2O4P/c1-3-12(4-2,6-9-15-8-5-11)7-10-16-17(13)14/h13-14H,3-11H2,1-2H3/q+1. The van der Waals surface area contributed by atoms with E-state index in [1.54, 1.807) is 0 Å². The van der Waals surface area contributed by atoms with Crippen molar-refractivity contribution in [3.8, 4) is 0 Å². The highest BCUT2D eigenvalue weighted by Gasteiger charge is 2.23. The third-order valence-corrected chi connectivity index (χ3v) is 3.50. The molecule has 0 aliphatic carbocycles. The Kier molecular flexibility index (Phi) is 10.3. The molecule has 7 heteroatoms. The van der Waals surface area contributed by atoms with Crippen molar-refractivity contribution >= 4 is 8.60 Å². The number of nitrogens with two attached hydrogens (primary N) is 1. The Hall–Kier alpha value is 0.190. The Morgan fingerprint density at radius 1 is 1.06 bits per heavy atom. The molecule has 0 bridgehead atoms. The van der Waals surface area contributed by atoms with Gasteiger partial charge in [0.2, 0.25) is 0 Å². The van der Waals surface area contributed by atoms with E-state index in [2.05, 4.69) is 13.8 Å². The van der Waals surface area contributed by atoms with Gasteiger partial charge in [-0.15, -0.1) is 0 Å². The van der Waals surface area contributed by atoms with Crippen LogP contribution in [-0.4, -0.2) is 66.8 Å². The second kappa shape index (κ2) is 10.1. The minimum atomic E-state index is -2.24. The van der Waals surface area contributed by atoms with E-state index in [1.807, 2.05) is 0 Å². The van der Waals surface area contributed by atoms with Crippen LogP contribution in [0.1, 0.15) is 13.8 Å². The number of nitrogens with zero attached hydrogens (tertiary/aromatic N) is 1. The number of likely N-dealkylation sites (N-methyl/N-ethyl adjacent to an activating group) is 1. The van der Waals surface area contributed by atoms with Crippen LogP contribution in [-0.2, 0) is 9.26 Å². The fraction of sp³-hybridized carbons (Fsp3) is 1.00. The van der Waals surface area contributed by atoms with Crippen LogP contribution in [0, 0.1) is 0 Å². The lowest BCUT2D eigenvalue weighted by Crippen LogP contribution is -2.51. The summed E-state index contributed by atoms with van der Waals surface area (Å²) in [5.41, 5.74) is 5.35. The molecule has 104 valence electrons. The van der Waals surface area contributed by atoms with Crippen LogP contribution in [0.15, 0.2) is 0 Å². The molecule has 0 fully saturated rings. The summed E-state index contributed by atoms with van der Waals surface area (Å²) in [6, 6.07) is 0. The first kappa shape index (κ1) is 17.2. The summed E-state index contributed by atoms with van der Waals surface area (Å²) in [6.45, 7) is 10.00. The van der Waals surface area contributed by atoms with Crippen LogP contribution in [0.5, 0.6) is 0 Å². The maximum absolute atomic E-state index is 8.69. The molecule has 0 heterocycles. The molecule has 0 saturated heterocycles. The summed E-state index contributed by atoms with van der Waals surface area (Å²) in [7, 11) is -2.24. The van der Waals surface area contributed by atoms with Crippen molar-refractivity contribution in [3.05, 3.63) is 0 Å². The van der Waals surface area contributed by atoms with E-state index < -0.39 is 8.60 Å². The van der Waals surface area contributed by atoms with Gasteiger partial charge in [0.15, 0.2) is 0 Å². The van der Waals surface area contributed by atoms with E-state index in [0.717, 1.165) is 30.7 Å². The second-order valence-corrected chi connectivity index (χ2v) is 4.67. The summed E-state index contributed by atoms with van der Waals surface area (Å²) in [5, 5.41) is 0. The molecule has 6 nitrogen and oxygen atoms in total. The molecule has 0 aromatic carbocycles. The summed E-state index contributed by atoms with van der Waals surface area (Å²) in [5.74, 6) is 0. The van der Waals surface area contributed by atoms with Gasteiger partial charge in [-0.3, -0.25) is 0 Å². The lowest BCUT2D eigenvalue weighted by Gasteiger charge is -2.36. The van der Waals surface area contributed by atoms with Crippen molar-refractivity contribution in [3.63, 3.8) is 0 Å². The molecule has 0 rings (SSSR count). The first-order chi connectivity index (χ1) is 8.10. The van der Waals surface area contributed by atoms with Gasteiger partial charge in [-0.1, -0.05) is 0 Å². The first-order valence-electron chi connectivity index (χ1n) is 6.04. The topological polar surface area (TPSA) is 84.9 Å². The SMILES string of the molecule is CC[N+](CC)(CCOCCN)CCOP(O)O. The van der Waals surface area contributed by atoms with Gasteiger partial charge in [0, 0.05) is 6.54 Å². The van der Waals surface area contributed by atoms with Gasteiger partial charge in [0.25, 0.3) is 0 Å². The van der Waals surface area contributed by atoms with Gasteiger partial charge in [0.05, 0.1) is 26.3 Å². The maximum atomic E-state index is 8.69. The van der Waals surface area contributed by atoms with Crippen LogP contribution in [0.2, 0.25) is 0 Å². The average molecular weight is 269 g/mol. The van der Waals surface area contributed by atoms with Crippen molar-refractivity contribution in [2.24, 2.45) is 5.73 Å². The van der Waals surface area contributed by atoms with E-state index >= 15 is 0 Å². The van der Waals surface area contributed by atoms with E-state index in [9.17, 15) is 0 Å². The van der Waals surface area contributed by atoms with Crippen LogP contribution >= 0.6 is 8.60 Å². The van der Waals surface area contributed by atoms with Crippen molar-refractivity contribution in [1.82, 2.24) is 0 Å². The average Bonchev–Trinajstić information content (AvgIpc) is 2.32. The van der Waals surface area contributed by atoms with E-state index in [1.165, 1.54) is 0 Å². The summed E-state index contributed by atoms with van der Waals surface area (Å²) in [6.07, 6.45) is 0. The second-order valence-electron chi connectivity index (χ2n) is 3.91. The molecule has 0 aromatic heterocycles. The minimum Gasteiger partial charge on any atom is -0.374 e. The lowest BCUT2D eigenvalue weighted by molar-refractivity contribution is -0.925. The van der Waals surface area contributed by atoms with Crippen molar-refractivity contribution in [1.29, 1.82) is 0 Å². The molecule has 0 aliphatic heterocycles. The van der Waals surface area contributed by atoms with Crippen LogP contribution in [0.4, 0.5) is 0 Å². The monoisotopic (exact) mass is 269 g/mol. The van der Waals surface area contributed by atoms with Gasteiger partial charge in [-0.2, -0.15) is 0 Å². The molecule has 0 spiro atoms. The smallest absolute Gasteiger partial charge is 0.327 e. The number of quaternary nitrogens is 1. The third-order valence-electron chi connectivity index (χ3n) is 3.09. The Morgan fingerprint density at radius 2 is 1.65 bits per heavy atom. The van der Waals surface area contributed by atoms with Gasteiger partial charge < -0.3 is 29.3 Å². The lowest BCUT2D eigenvalue weighted by atomic mass is 10.3. The molecule has 0 radical (unpaired) electrons. The predicted molar refractivity (Wildman–Crippen MR) is 68.3 cm³/mol. The zero-order valence-corrected chi connectivity index (χ0v) is 11.7. The normalized spacial score (nSPS) is 12.4. The zero-order chi connectivity index (χ0) is 13.1. The quantitative estimate of drug-likeness (QED) is 0.280. The highest BCUT2D eigenvalue weighted by molar-refractivity contribution is 7.39. The van der Waals surface area contributed by atoms with E-state index in [4.69, 9.17) is 24.8 Å². The fourth-order valence-electron chi connectivity index (χ4n) is 1.73. The Morgan fingerprint density at radius 3 is 2.12 bits per heavy atom. The molecule has 17 heavy (non-hydrogen) atoms. The third kappa shape index (κ3) is 8.00. The number of rotatable bonds is 11. The van der Waals surface area contributed by atoms with E-state index in [0.29, 0.717) is 26.4 Å². The first-order valence-corrected chi connectivity index (χ1v) is 7.20. The molecular weight excluding hydrogens is 243 g/mol. The van der Waals surface area contributed by atoms with Crippen LogP contribution in [0.25, 0.3) is 0 Å². The fourth-order valence-corrected chi connectivity index (χ4v) is 1.97. The molecule has 4 N–H and O–H groups in total. The van der Waals surface area contributed by atoms with Crippen molar-refractivity contribution in [2.45, 2.75) is 13.8 Å². The molecule has 0 aromatic rings. The van der Waals surface area contributed by atoms with Crippen LogP contribution in [0.3, 0.4) is 0 Å². The van der Waals surface area contributed by atoms with Crippen LogP contribution < -0.4 is 5.73 Å². The summed E-state index contributed by atoms with van der Waals surface area (Å²) in [4.78, 5) is 17.4. The van der Waals surface area contributed by atoms with Gasteiger partial charge >= 0.3 is 8.60 Å². The van der Waals surface area contributed by atoms with Crippen molar-refractivity contribution in [2.75, 3.05) is 52.5 Å². The maximum Gasteiger partial charge on any atom is 0.327 e. The zero-order valence-electron chi connectivity index (χ0n) is 10.8. The van der Waals surface area contributed by atoms with Gasteiger partial charge in [0.1, 0.15) is 19.7 Å². The molecule has 0 amide bonds. The predicted octanol–water partition coefficient (Wildman–Crippen LogP) is 0.0464. The number of ether oxygens (including phenoxy) is 1. The Balaban J connectivity index is 3.97. The highest BCUT2D eigenvalue weighted by Crippen LogP contribution is 2.24. The molecule has 0 saturated carbocycles. The number of hydrogen-bond acceptors (Lipinski definition) is 5. The largest absolute Gasteiger partial charge is 0.374 e. The summed E-state index contributed by atoms with van der Waals surface area (Å²) >= 11 is 0. The molecule has 0 unspecified atom stereocenters. The van der Waals surface area contributed by atoms with Gasteiger partial charge in [-0.25, -0.2) is 0 Å². The highest BCUT2D eigenvalue weighted by atomic mass is 31.2. The Bertz CT molecular complexity index is 180. The van der Waals surface area contributed by atoms with E-state index in [-0.39, 0.29) is 0 Å². The minimum absolute atomic E-state index is 0.358. The molecular formula is C10H26N2O4P+. The van der Waals surface area contributed by atoms with Gasteiger partial charge in [-0.05, 0) is 13.8 Å². The summed E-state index contributed by atoms with van der Waals surface area (Å²) < 4.78 is 11.1. The molecule has 0 atom stereocenters. The Labute approximate surface area is 105 Å². The van der Waals surface area contributed by atoms with Crippen molar-refractivity contribution < 1.29 is 23.5 Å². The number of hydrogen-bond donors (Lipinski definition) is 3.